The summed E-state index contributed by atoms with van der Waals surface area (Å²) in [5.41, 5.74) is 0.592. The lowest BCUT2D eigenvalue weighted by Crippen LogP contribution is -2.66. The topological polar surface area (TPSA) is 97.0 Å². The number of hydrogen-bond donors (Lipinski definition) is 2. The van der Waals surface area contributed by atoms with E-state index in [4.69, 9.17) is 9.15 Å². The van der Waals surface area contributed by atoms with Gasteiger partial charge in [-0.1, -0.05) is 13.8 Å². The van der Waals surface area contributed by atoms with Crippen LogP contribution >= 0.6 is 0 Å². The summed E-state index contributed by atoms with van der Waals surface area (Å²) in [4.78, 5) is 24.8. The molecule has 1 aromatic rings. The first-order valence-corrected chi connectivity index (χ1v) is 10.2. The molecule has 6 unspecified atom stereocenters. The van der Waals surface area contributed by atoms with Crippen LogP contribution in [-0.4, -0.2) is 41.3 Å². The standard InChI is InChI=1S/C22H30O6/c1-13(25)28-19-16(26)8-20(2)17(21(19,3)11-23)6-7-22(12-24)15-10-27-9-14(15)4-5-18(20)22/h9-10,17-19,23-24H,4-8,11-12H2,1-3H3. The van der Waals surface area contributed by atoms with E-state index in [0.29, 0.717) is 6.42 Å². The van der Waals surface area contributed by atoms with Crippen molar-refractivity contribution in [1.29, 1.82) is 0 Å². The molecule has 6 atom stereocenters. The first-order chi connectivity index (χ1) is 13.2. The summed E-state index contributed by atoms with van der Waals surface area (Å²) in [6.07, 6.45) is 6.16. The second kappa shape index (κ2) is 6.42. The van der Waals surface area contributed by atoms with Crippen molar-refractivity contribution in [2.75, 3.05) is 13.2 Å². The summed E-state index contributed by atoms with van der Waals surface area (Å²) in [5.74, 6) is -0.507. The van der Waals surface area contributed by atoms with Gasteiger partial charge in [-0.05, 0) is 48.5 Å². The number of aryl methyl sites for hydroxylation is 1. The number of Topliss-reactive ketones (excluding diaryl/α,β-unsaturated/α-hetero) is 1. The number of carbonyl (C=O) groups excluding carboxylic acids is 2. The van der Waals surface area contributed by atoms with Crippen LogP contribution in [0.25, 0.3) is 0 Å². The molecule has 3 aliphatic rings. The van der Waals surface area contributed by atoms with Gasteiger partial charge in [0.1, 0.15) is 0 Å². The zero-order valence-electron chi connectivity index (χ0n) is 16.9. The van der Waals surface area contributed by atoms with E-state index in [1.807, 2.05) is 6.92 Å². The monoisotopic (exact) mass is 390 g/mol. The highest BCUT2D eigenvalue weighted by Gasteiger charge is 2.66. The van der Waals surface area contributed by atoms with Crippen LogP contribution in [0.2, 0.25) is 0 Å². The van der Waals surface area contributed by atoms with E-state index in [2.05, 4.69) is 6.92 Å². The number of furan rings is 1. The van der Waals surface area contributed by atoms with Gasteiger partial charge in [0.15, 0.2) is 11.9 Å². The van der Waals surface area contributed by atoms with Crippen molar-refractivity contribution in [1.82, 2.24) is 0 Å². The Balaban J connectivity index is 1.80. The Labute approximate surface area is 165 Å². The summed E-state index contributed by atoms with van der Waals surface area (Å²) in [6.45, 7) is 5.11. The zero-order valence-corrected chi connectivity index (χ0v) is 16.9. The van der Waals surface area contributed by atoms with Gasteiger partial charge in [-0.3, -0.25) is 9.59 Å². The molecule has 6 heteroatoms. The van der Waals surface area contributed by atoms with Crippen LogP contribution in [0, 0.1) is 22.7 Å². The van der Waals surface area contributed by atoms with E-state index in [1.165, 1.54) is 6.92 Å². The Hall–Kier alpha value is -1.66. The molecule has 154 valence electrons. The number of hydrogen-bond acceptors (Lipinski definition) is 6. The van der Waals surface area contributed by atoms with Gasteiger partial charge >= 0.3 is 5.97 Å². The molecule has 0 radical (unpaired) electrons. The summed E-state index contributed by atoms with van der Waals surface area (Å²) in [7, 11) is 0. The van der Waals surface area contributed by atoms with Crippen molar-refractivity contribution < 1.29 is 29.0 Å². The fraction of sp³-hybridized carbons (Fsp3) is 0.727. The van der Waals surface area contributed by atoms with E-state index in [0.717, 1.165) is 36.8 Å². The molecule has 0 saturated heterocycles. The maximum absolute atomic E-state index is 13.2. The van der Waals surface area contributed by atoms with Crippen molar-refractivity contribution in [3.8, 4) is 0 Å². The van der Waals surface area contributed by atoms with Crippen LogP contribution in [0.3, 0.4) is 0 Å². The number of aliphatic hydroxyl groups excluding tert-OH is 2. The van der Waals surface area contributed by atoms with Gasteiger partial charge in [0.25, 0.3) is 0 Å². The minimum atomic E-state index is -0.914. The molecule has 2 fully saturated rings. The third kappa shape index (κ3) is 2.40. The lowest BCUT2D eigenvalue weighted by atomic mass is 9.40. The van der Waals surface area contributed by atoms with E-state index >= 15 is 0 Å². The number of carbonyl (C=O) groups is 2. The number of aliphatic hydroxyl groups is 2. The number of ketones is 1. The Kier molecular flexibility index (Phi) is 4.51. The third-order valence-corrected chi connectivity index (χ3v) is 8.27. The molecule has 4 rings (SSSR count). The maximum Gasteiger partial charge on any atom is 0.303 e. The Morgan fingerprint density at radius 2 is 1.96 bits per heavy atom. The summed E-state index contributed by atoms with van der Waals surface area (Å²) >= 11 is 0. The van der Waals surface area contributed by atoms with Crippen molar-refractivity contribution in [2.45, 2.75) is 64.4 Å². The van der Waals surface area contributed by atoms with E-state index in [-0.39, 0.29) is 36.2 Å². The van der Waals surface area contributed by atoms with E-state index in [1.54, 1.807) is 12.5 Å². The number of fused-ring (bicyclic) bond motifs is 5. The zero-order chi connectivity index (χ0) is 20.3. The minimum absolute atomic E-state index is 0.0178. The van der Waals surface area contributed by atoms with Gasteiger partial charge in [0, 0.05) is 29.7 Å². The summed E-state index contributed by atoms with van der Waals surface area (Å²) in [5, 5.41) is 20.9. The first-order valence-electron chi connectivity index (χ1n) is 10.2. The van der Waals surface area contributed by atoms with Crippen LogP contribution in [0.15, 0.2) is 16.9 Å². The molecule has 0 spiro atoms. The predicted octanol–water partition coefficient (Wildman–Crippen LogP) is 2.39. The van der Waals surface area contributed by atoms with E-state index in [9.17, 15) is 19.8 Å². The van der Waals surface area contributed by atoms with Crippen LogP contribution < -0.4 is 0 Å². The molecule has 3 aliphatic carbocycles. The molecule has 2 N–H and O–H groups in total. The van der Waals surface area contributed by atoms with E-state index < -0.39 is 22.9 Å². The van der Waals surface area contributed by atoms with Crippen molar-refractivity contribution in [3.05, 3.63) is 23.7 Å². The molecule has 0 aromatic carbocycles. The number of esters is 1. The van der Waals surface area contributed by atoms with Gasteiger partial charge in [-0.2, -0.15) is 0 Å². The van der Waals surface area contributed by atoms with Crippen molar-refractivity contribution >= 4 is 11.8 Å². The van der Waals surface area contributed by atoms with Gasteiger partial charge in [-0.25, -0.2) is 0 Å². The molecule has 1 heterocycles. The van der Waals surface area contributed by atoms with Crippen molar-refractivity contribution in [2.24, 2.45) is 22.7 Å². The second-order valence-corrected chi connectivity index (χ2v) is 9.61. The number of rotatable bonds is 3. The molecule has 28 heavy (non-hydrogen) atoms. The second-order valence-electron chi connectivity index (χ2n) is 9.61. The Morgan fingerprint density at radius 1 is 1.21 bits per heavy atom. The largest absolute Gasteiger partial charge is 0.472 e. The summed E-state index contributed by atoms with van der Waals surface area (Å²) < 4.78 is 10.9. The fourth-order valence-electron chi connectivity index (χ4n) is 7.14. The van der Waals surface area contributed by atoms with Gasteiger partial charge in [0.2, 0.25) is 0 Å². The van der Waals surface area contributed by atoms with Gasteiger partial charge in [0.05, 0.1) is 25.7 Å². The summed E-state index contributed by atoms with van der Waals surface area (Å²) in [6, 6.07) is 0. The van der Waals surface area contributed by atoms with Crippen LogP contribution in [0.4, 0.5) is 0 Å². The highest BCUT2D eigenvalue weighted by atomic mass is 16.5. The smallest absolute Gasteiger partial charge is 0.303 e. The van der Waals surface area contributed by atoms with Crippen LogP contribution in [-0.2, 0) is 26.2 Å². The lowest BCUT2D eigenvalue weighted by molar-refractivity contribution is -0.202. The minimum Gasteiger partial charge on any atom is -0.472 e. The predicted molar refractivity (Wildman–Crippen MR) is 100 cm³/mol. The average Bonchev–Trinajstić information content (AvgIpc) is 3.14. The van der Waals surface area contributed by atoms with Crippen LogP contribution in [0.1, 0.15) is 57.6 Å². The van der Waals surface area contributed by atoms with Gasteiger partial charge < -0.3 is 19.4 Å². The quantitative estimate of drug-likeness (QED) is 0.769. The molecule has 0 aliphatic heterocycles. The third-order valence-electron chi connectivity index (χ3n) is 8.27. The van der Waals surface area contributed by atoms with Crippen LogP contribution in [0.5, 0.6) is 0 Å². The molecule has 0 amide bonds. The first kappa shape index (κ1) is 19.6. The fourth-order valence-corrected chi connectivity index (χ4v) is 7.14. The highest BCUT2D eigenvalue weighted by molar-refractivity contribution is 5.88. The Bertz CT molecular complexity index is 799. The maximum atomic E-state index is 13.2. The van der Waals surface area contributed by atoms with Crippen molar-refractivity contribution in [3.63, 3.8) is 0 Å². The Morgan fingerprint density at radius 3 is 2.61 bits per heavy atom. The molecule has 6 nitrogen and oxygen atoms in total. The average molecular weight is 390 g/mol. The van der Waals surface area contributed by atoms with Gasteiger partial charge in [-0.15, -0.1) is 0 Å². The normalized spacial score (nSPS) is 42.3. The molecule has 0 bridgehead atoms. The SMILES string of the molecule is CC(=O)OC1C(=O)CC2(C)C3CCc4cocc4C3(CO)CCC2C1(C)CO. The molecule has 2 saturated carbocycles. The molecular formula is C22H30O6. The molecular weight excluding hydrogens is 360 g/mol. The highest BCUT2D eigenvalue weighted by Crippen LogP contribution is 2.66. The molecule has 1 aromatic heterocycles. The number of ether oxygens (including phenoxy) is 1. The lowest BCUT2D eigenvalue weighted by Gasteiger charge is -2.64.